The molecule has 1 aromatic rings. The van der Waals surface area contributed by atoms with E-state index in [0.717, 1.165) is 21.5 Å². The van der Waals surface area contributed by atoms with Crippen LogP contribution >= 0.6 is 15.9 Å². The molecule has 0 N–H and O–H groups in total. The Hall–Kier alpha value is -1.03. The lowest BCUT2D eigenvalue weighted by atomic mass is 9.96. The fraction of sp³-hybridized carbons (Fsp3) is 0.533. The minimum absolute atomic E-state index is 0.480. The quantitative estimate of drug-likeness (QED) is 0.776. The highest BCUT2D eigenvalue weighted by Crippen LogP contribution is 2.32. The van der Waals surface area contributed by atoms with Gasteiger partial charge in [0.1, 0.15) is 0 Å². The van der Waals surface area contributed by atoms with Gasteiger partial charge in [-0.25, -0.2) is 0 Å². The van der Waals surface area contributed by atoms with Crippen molar-refractivity contribution in [2.45, 2.75) is 38.1 Å². The van der Waals surface area contributed by atoms with Gasteiger partial charge in [-0.15, -0.1) is 0 Å². The van der Waals surface area contributed by atoms with Crippen LogP contribution in [0, 0.1) is 0 Å². The van der Waals surface area contributed by atoms with Crippen molar-refractivity contribution in [2.75, 3.05) is 14.2 Å². The van der Waals surface area contributed by atoms with Crippen molar-refractivity contribution in [2.24, 2.45) is 4.99 Å². The summed E-state index contributed by atoms with van der Waals surface area (Å²) in [4.78, 5) is 4.69. The molecule has 0 amide bonds. The Bertz CT molecular complexity index is 454. The summed E-state index contributed by atoms with van der Waals surface area (Å²) in [6.45, 7) is 0. The molecule has 1 saturated carbocycles. The number of hydrogen-bond acceptors (Lipinski definition) is 3. The highest BCUT2D eigenvalue weighted by Gasteiger charge is 2.12. The lowest BCUT2D eigenvalue weighted by Gasteiger charge is -2.17. The molecule has 0 bridgehead atoms. The number of rotatable bonds is 4. The van der Waals surface area contributed by atoms with Crippen LogP contribution in [0.5, 0.6) is 11.5 Å². The maximum Gasteiger partial charge on any atom is 0.161 e. The average molecular weight is 326 g/mol. The Labute approximate surface area is 123 Å². The Morgan fingerprint density at radius 3 is 2.37 bits per heavy atom. The number of aliphatic imine (C=N–C) groups is 1. The molecule has 0 unspecified atom stereocenters. The van der Waals surface area contributed by atoms with Crippen molar-refractivity contribution in [3.05, 3.63) is 22.2 Å². The number of methoxy groups -OCH3 is 2. The van der Waals surface area contributed by atoms with E-state index in [2.05, 4.69) is 15.9 Å². The minimum Gasteiger partial charge on any atom is -0.493 e. The zero-order chi connectivity index (χ0) is 13.7. The Balaban J connectivity index is 2.17. The molecule has 1 aliphatic rings. The van der Waals surface area contributed by atoms with Crippen LogP contribution in [0.3, 0.4) is 0 Å². The van der Waals surface area contributed by atoms with Crippen LogP contribution in [0.2, 0.25) is 0 Å². The van der Waals surface area contributed by atoms with E-state index in [4.69, 9.17) is 14.5 Å². The van der Waals surface area contributed by atoms with Crippen LogP contribution < -0.4 is 9.47 Å². The molecule has 4 heteroatoms. The van der Waals surface area contributed by atoms with E-state index in [1.807, 2.05) is 18.3 Å². The van der Waals surface area contributed by atoms with E-state index in [-0.39, 0.29) is 0 Å². The van der Waals surface area contributed by atoms with Gasteiger partial charge in [0.25, 0.3) is 0 Å². The zero-order valence-corrected chi connectivity index (χ0v) is 13.1. The SMILES string of the molecule is COc1cc(Br)c(C=NC2CCCCC2)cc1OC. The second-order valence-corrected chi connectivity index (χ2v) is 5.65. The maximum atomic E-state index is 5.32. The number of hydrogen-bond donors (Lipinski definition) is 0. The van der Waals surface area contributed by atoms with Gasteiger partial charge < -0.3 is 9.47 Å². The van der Waals surface area contributed by atoms with Crippen molar-refractivity contribution in [3.63, 3.8) is 0 Å². The molecule has 1 aromatic carbocycles. The molecule has 1 fully saturated rings. The van der Waals surface area contributed by atoms with Gasteiger partial charge in [0, 0.05) is 22.3 Å². The van der Waals surface area contributed by atoms with Gasteiger partial charge in [0.15, 0.2) is 11.5 Å². The monoisotopic (exact) mass is 325 g/mol. The van der Waals surface area contributed by atoms with E-state index in [1.54, 1.807) is 14.2 Å². The van der Waals surface area contributed by atoms with Crippen molar-refractivity contribution >= 4 is 22.1 Å². The summed E-state index contributed by atoms with van der Waals surface area (Å²) >= 11 is 3.55. The second-order valence-electron chi connectivity index (χ2n) is 4.80. The third kappa shape index (κ3) is 3.72. The van der Waals surface area contributed by atoms with Crippen molar-refractivity contribution < 1.29 is 9.47 Å². The molecule has 19 heavy (non-hydrogen) atoms. The largest absolute Gasteiger partial charge is 0.493 e. The van der Waals surface area contributed by atoms with Crippen LogP contribution in [0.15, 0.2) is 21.6 Å². The molecular formula is C15H20BrNO2. The topological polar surface area (TPSA) is 30.8 Å². The van der Waals surface area contributed by atoms with E-state index >= 15 is 0 Å². The van der Waals surface area contributed by atoms with Crippen molar-refractivity contribution in [3.8, 4) is 11.5 Å². The van der Waals surface area contributed by atoms with E-state index in [1.165, 1.54) is 32.1 Å². The molecule has 0 saturated heterocycles. The Morgan fingerprint density at radius 2 is 1.74 bits per heavy atom. The fourth-order valence-corrected chi connectivity index (χ4v) is 2.81. The standard InChI is InChI=1S/C15H20BrNO2/c1-18-14-8-11(13(16)9-15(14)19-2)10-17-12-6-4-3-5-7-12/h8-10,12H,3-7H2,1-2H3. The van der Waals surface area contributed by atoms with Gasteiger partial charge in [-0.05, 0) is 40.9 Å². The predicted octanol–water partition coefficient (Wildman–Crippen LogP) is 4.22. The molecule has 0 heterocycles. The number of nitrogens with zero attached hydrogens (tertiary/aromatic N) is 1. The first-order chi connectivity index (χ1) is 9.24. The van der Waals surface area contributed by atoms with E-state index in [0.29, 0.717) is 6.04 Å². The summed E-state index contributed by atoms with van der Waals surface area (Å²) in [7, 11) is 3.29. The molecule has 0 aliphatic heterocycles. The highest BCUT2D eigenvalue weighted by molar-refractivity contribution is 9.10. The summed E-state index contributed by atoms with van der Waals surface area (Å²) in [6.07, 6.45) is 8.32. The van der Waals surface area contributed by atoms with E-state index in [9.17, 15) is 0 Å². The second kappa shape index (κ2) is 6.94. The van der Waals surface area contributed by atoms with Crippen LogP contribution in [0.25, 0.3) is 0 Å². The molecule has 3 nitrogen and oxygen atoms in total. The summed E-state index contributed by atoms with van der Waals surface area (Å²) in [6, 6.07) is 4.35. The Morgan fingerprint density at radius 1 is 1.11 bits per heavy atom. The first kappa shape index (κ1) is 14.4. The molecule has 0 atom stereocenters. The first-order valence-electron chi connectivity index (χ1n) is 6.69. The van der Waals surface area contributed by atoms with Gasteiger partial charge in [0.2, 0.25) is 0 Å². The molecule has 0 aromatic heterocycles. The summed E-state index contributed by atoms with van der Waals surface area (Å²) in [5, 5.41) is 0. The lowest BCUT2D eigenvalue weighted by Crippen LogP contribution is -2.09. The molecule has 1 aliphatic carbocycles. The molecule has 0 spiro atoms. The normalized spacial score (nSPS) is 16.8. The van der Waals surface area contributed by atoms with Crippen molar-refractivity contribution in [1.29, 1.82) is 0 Å². The number of ether oxygens (including phenoxy) is 2. The van der Waals surface area contributed by atoms with Gasteiger partial charge in [-0.1, -0.05) is 19.3 Å². The molecule has 104 valence electrons. The predicted molar refractivity (Wildman–Crippen MR) is 81.7 cm³/mol. The zero-order valence-electron chi connectivity index (χ0n) is 11.5. The maximum absolute atomic E-state index is 5.32. The number of benzene rings is 1. The Kier molecular flexibility index (Phi) is 5.25. The lowest BCUT2D eigenvalue weighted by molar-refractivity contribution is 0.354. The summed E-state index contributed by atoms with van der Waals surface area (Å²) in [5.74, 6) is 1.46. The smallest absolute Gasteiger partial charge is 0.161 e. The average Bonchev–Trinajstić information content (AvgIpc) is 2.46. The van der Waals surface area contributed by atoms with Crippen LogP contribution in [-0.2, 0) is 0 Å². The van der Waals surface area contributed by atoms with Gasteiger partial charge in [0.05, 0.1) is 14.2 Å². The van der Waals surface area contributed by atoms with Crippen LogP contribution in [0.1, 0.15) is 37.7 Å². The van der Waals surface area contributed by atoms with Gasteiger partial charge in [-0.2, -0.15) is 0 Å². The molecule has 2 rings (SSSR count). The third-order valence-electron chi connectivity index (χ3n) is 3.50. The molecule has 0 radical (unpaired) electrons. The van der Waals surface area contributed by atoms with Gasteiger partial charge in [-0.3, -0.25) is 4.99 Å². The van der Waals surface area contributed by atoms with Crippen LogP contribution in [-0.4, -0.2) is 26.5 Å². The summed E-state index contributed by atoms with van der Waals surface area (Å²) in [5.41, 5.74) is 1.03. The van der Waals surface area contributed by atoms with Crippen molar-refractivity contribution in [1.82, 2.24) is 0 Å². The van der Waals surface area contributed by atoms with Crippen LogP contribution in [0.4, 0.5) is 0 Å². The fourth-order valence-electron chi connectivity index (χ4n) is 2.38. The molecular weight excluding hydrogens is 306 g/mol. The first-order valence-corrected chi connectivity index (χ1v) is 7.48. The van der Waals surface area contributed by atoms with Gasteiger partial charge >= 0.3 is 0 Å². The number of halogens is 1. The highest BCUT2D eigenvalue weighted by atomic mass is 79.9. The third-order valence-corrected chi connectivity index (χ3v) is 4.19. The minimum atomic E-state index is 0.480. The van der Waals surface area contributed by atoms with E-state index < -0.39 is 0 Å². The summed E-state index contributed by atoms with van der Waals surface area (Å²) < 4.78 is 11.6.